The van der Waals surface area contributed by atoms with E-state index in [1.165, 1.54) is 37.7 Å². The van der Waals surface area contributed by atoms with E-state index < -0.39 is 5.41 Å². The summed E-state index contributed by atoms with van der Waals surface area (Å²) in [5, 5.41) is 0. The molecule has 3 nitrogen and oxygen atoms in total. The van der Waals surface area contributed by atoms with Gasteiger partial charge >= 0.3 is 0 Å². The SMILES string of the molecule is CC(=O)C1(c2ccccc2)CCN(C(=O)c2ccc(C3CCCCC3)cc2)CC1. The second-order valence-electron chi connectivity index (χ2n) is 8.75. The van der Waals surface area contributed by atoms with Gasteiger partial charge in [0.2, 0.25) is 0 Å². The van der Waals surface area contributed by atoms with Gasteiger partial charge in [-0.3, -0.25) is 9.59 Å². The summed E-state index contributed by atoms with van der Waals surface area (Å²) >= 11 is 0. The maximum Gasteiger partial charge on any atom is 0.253 e. The molecule has 0 spiro atoms. The summed E-state index contributed by atoms with van der Waals surface area (Å²) in [5.74, 6) is 0.947. The van der Waals surface area contributed by atoms with Crippen molar-refractivity contribution in [1.29, 1.82) is 0 Å². The molecule has 29 heavy (non-hydrogen) atoms. The topological polar surface area (TPSA) is 37.4 Å². The number of piperidine rings is 1. The van der Waals surface area contributed by atoms with Gasteiger partial charge in [0, 0.05) is 18.7 Å². The Bertz CT molecular complexity index is 842. The van der Waals surface area contributed by atoms with E-state index in [4.69, 9.17) is 0 Å². The number of carbonyl (C=O) groups excluding carboxylic acids is 2. The van der Waals surface area contributed by atoms with Crippen molar-refractivity contribution in [3.63, 3.8) is 0 Å². The number of likely N-dealkylation sites (tertiary alicyclic amines) is 1. The molecule has 3 heteroatoms. The minimum Gasteiger partial charge on any atom is -0.339 e. The van der Waals surface area contributed by atoms with Crippen molar-refractivity contribution in [3.8, 4) is 0 Å². The second-order valence-corrected chi connectivity index (χ2v) is 8.75. The fourth-order valence-electron chi connectivity index (χ4n) is 5.21. The van der Waals surface area contributed by atoms with Crippen LogP contribution >= 0.6 is 0 Å². The fourth-order valence-corrected chi connectivity index (χ4v) is 5.21. The van der Waals surface area contributed by atoms with Crippen LogP contribution < -0.4 is 0 Å². The predicted molar refractivity (Wildman–Crippen MR) is 116 cm³/mol. The lowest BCUT2D eigenvalue weighted by molar-refractivity contribution is -0.124. The highest BCUT2D eigenvalue weighted by molar-refractivity contribution is 5.95. The number of Topliss-reactive ketones (excluding diaryl/α,β-unsaturated/α-hetero) is 1. The Morgan fingerprint density at radius 1 is 0.862 bits per heavy atom. The van der Waals surface area contributed by atoms with Crippen molar-refractivity contribution in [2.45, 2.75) is 63.2 Å². The van der Waals surface area contributed by atoms with E-state index in [2.05, 4.69) is 12.1 Å². The molecule has 0 bridgehead atoms. The lowest BCUT2D eigenvalue weighted by Gasteiger charge is -2.40. The summed E-state index contributed by atoms with van der Waals surface area (Å²) in [6, 6.07) is 18.3. The van der Waals surface area contributed by atoms with Crippen LogP contribution in [0, 0.1) is 0 Å². The molecule has 152 valence electrons. The van der Waals surface area contributed by atoms with Gasteiger partial charge < -0.3 is 4.90 Å². The van der Waals surface area contributed by atoms with Crippen molar-refractivity contribution >= 4 is 11.7 Å². The summed E-state index contributed by atoms with van der Waals surface area (Å²) in [6.07, 6.45) is 7.91. The standard InChI is InChI=1S/C26H31NO2/c1-20(28)26(24-10-6-3-7-11-24)16-18-27(19-17-26)25(29)23-14-12-22(13-15-23)21-8-4-2-5-9-21/h3,6-7,10-15,21H,2,4-5,8-9,16-19H2,1H3. The molecule has 0 N–H and O–H groups in total. The van der Waals surface area contributed by atoms with Crippen LogP contribution in [-0.4, -0.2) is 29.7 Å². The molecular formula is C26H31NO2. The molecule has 1 aliphatic carbocycles. The van der Waals surface area contributed by atoms with Crippen LogP contribution in [0.4, 0.5) is 0 Å². The lowest BCUT2D eigenvalue weighted by Crippen LogP contribution is -2.48. The molecule has 2 fully saturated rings. The maximum absolute atomic E-state index is 13.0. The summed E-state index contributed by atoms with van der Waals surface area (Å²) in [7, 11) is 0. The molecule has 2 aromatic rings. The molecule has 0 radical (unpaired) electrons. The Balaban J connectivity index is 1.44. The minimum absolute atomic E-state index is 0.0883. The highest BCUT2D eigenvalue weighted by atomic mass is 16.2. The summed E-state index contributed by atoms with van der Waals surface area (Å²) in [5.41, 5.74) is 2.76. The van der Waals surface area contributed by atoms with Crippen LogP contribution in [0.15, 0.2) is 54.6 Å². The van der Waals surface area contributed by atoms with Gasteiger partial charge in [-0.15, -0.1) is 0 Å². The molecule has 1 saturated carbocycles. The van der Waals surface area contributed by atoms with Crippen molar-refractivity contribution < 1.29 is 9.59 Å². The van der Waals surface area contributed by atoms with Crippen LogP contribution in [0.1, 0.15) is 79.3 Å². The highest BCUT2D eigenvalue weighted by Crippen LogP contribution is 2.37. The zero-order valence-corrected chi connectivity index (χ0v) is 17.4. The number of hydrogen-bond donors (Lipinski definition) is 0. The molecule has 1 amide bonds. The third-order valence-corrected chi connectivity index (χ3v) is 7.14. The van der Waals surface area contributed by atoms with Gasteiger partial charge in [0.25, 0.3) is 5.91 Å². The number of hydrogen-bond acceptors (Lipinski definition) is 2. The number of nitrogens with zero attached hydrogens (tertiary/aromatic N) is 1. The van der Waals surface area contributed by atoms with Crippen LogP contribution in [0.2, 0.25) is 0 Å². The zero-order chi connectivity index (χ0) is 20.3. The average molecular weight is 390 g/mol. The van der Waals surface area contributed by atoms with Gasteiger partial charge in [-0.1, -0.05) is 61.7 Å². The molecule has 2 aliphatic rings. The number of carbonyl (C=O) groups is 2. The highest BCUT2D eigenvalue weighted by Gasteiger charge is 2.41. The number of benzene rings is 2. The molecule has 0 unspecified atom stereocenters. The van der Waals surface area contributed by atoms with Crippen molar-refractivity contribution in [1.82, 2.24) is 4.90 Å². The Labute approximate surface area is 174 Å². The third kappa shape index (κ3) is 4.01. The normalized spacial score (nSPS) is 19.7. The van der Waals surface area contributed by atoms with Crippen LogP contribution in [0.5, 0.6) is 0 Å². The monoisotopic (exact) mass is 389 g/mol. The Morgan fingerprint density at radius 2 is 1.48 bits per heavy atom. The van der Waals surface area contributed by atoms with Gasteiger partial charge in [-0.05, 0) is 61.8 Å². The van der Waals surface area contributed by atoms with Crippen LogP contribution in [0.25, 0.3) is 0 Å². The first-order valence-corrected chi connectivity index (χ1v) is 11.1. The quantitative estimate of drug-likeness (QED) is 0.693. The van der Waals surface area contributed by atoms with Gasteiger partial charge in [0.15, 0.2) is 0 Å². The largest absolute Gasteiger partial charge is 0.339 e. The third-order valence-electron chi connectivity index (χ3n) is 7.14. The van der Waals surface area contributed by atoms with E-state index in [0.29, 0.717) is 31.8 Å². The first-order chi connectivity index (χ1) is 14.1. The van der Waals surface area contributed by atoms with Gasteiger partial charge in [0.05, 0.1) is 5.41 Å². The van der Waals surface area contributed by atoms with E-state index in [1.54, 1.807) is 6.92 Å². The molecular weight excluding hydrogens is 358 g/mol. The van der Waals surface area contributed by atoms with E-state index in [0.717, 1.165) is 11.1 Å². The van der Waals surface area contributed by atoms with Crippen molar-refractivity contribution in [2.75, 3.05) is 13.1 Å². The summed E-state index contributed by atoms with van der Waals surface area (Å²) in [4.78, 5) is 27.5. The smallest absolute Gasteiger partial charge is 0.253 e. The first-order valence-electron chi connectivity index (χ1n) is 11.1. The summed E-state index contributed by atoms with van der Waals surface area (Å²) < 4.78 is 0. The molecule has 2 aromatic carbocycles. The molecule has 1 saturated heterocycles. The Kier molecular flexibility index (Phi) is 5.84. The molecule has 0 atom stereocenters. The average Bonchev–Trinajstić information content (AvgIpc) is 2.80. The van der Waals surface area contributed by atoms with E-state index in [9.17, 15) is 9.59 Å². The molecule has 1 heterocycles. The summed E-state index contributed by atoms with van der Waals surface area (Å²) in [6.45, 7) is 2.93. The Hall–Kier alpha value is -2.42. The lowest BCUT2D eigenvalue weighted by atomic mass is 9.70. The van der Waals surface area contributed by atoms with Crippen molar-refractivity contribution in [3.05, 3.63) is 71.3 Å². The van der Waals surface area contributed by atoms with Crippen LogP contribution in [-0.2, 0) is 10.2 Å². The first kappa shape index (κ1) is 19.9. The van der Waals surface area contributed by atoms with Gasteiger partial charge in [-0.25, -0.2) is 0 Å². The fraction of sp³-hybridized carbons (Fsp3) is 0.462. The minimum atomic E-state index is -0.455. The second kappa shape index (κ2) is 8.52. The van der Waals surface area contributed by atoms with E-state index in [-0.39, 0.29) is 11.7 Å². The number of rotatable bonds is 4. The predicted octanol–water partition coefficient (Wildman–Crippen LogP) is 5.50. The van der Waals surface area contributed by atoms with Gasteiger partial charge in [0.1, 0.15) is 5.78 Å². The molecule has 1 aliphatic heterocycles. The number of amides is 1. The van der Waals surface area contributed by atoms with E-state index >= 15 is 0 Å². The molecule has 4 rings (SSSR count). The van der Waals surface area contributed by atoms with Crippen molar-refractivity contribution in [2.24, 2.45) is 0 Å². The van der Waals surface area contributed by atoms with E-state index in [1.807, 2.05) is 47.4 Å². The Morgan fingerprint density at radius 3 is 2.07 bits per heavy atom. The van der Waals surface area contributed by atoms with Crippen LogP contribution in [0.3, 0.4) is 0 Å². The number of ketones is 1. The van der Waals surface area contributed by atoms with Gasteiger partial charge in [-0.2, -0.15) is 0 Å². The molecule has 0 aromatic heterocycles. The zero-order valence-electron chi connectivity index (χ0n) is 17.4. The maximum atomic E-state index is 13.0.